The number of anilines is 3. The molecule has 3 aromatic rings. The average molecular weight is 329 g/mol. The van der Waals surface area contributed by atoms with Crippen molar-refractivity contribution in [3.05, 3.63) is 77.2 Å². The van der Waals surface area contributed by atoms with Gasteiger partial charge in [0.25, 0.3) is 0 Å². The van der Waals surface area contributed by atoms with Gasteiger partial charge in [-0.1, -0.05) is 35.9 Å². The molecular formula is C17H14ClFN4. The van der Waals surface area contributed by atoms with Gasteiger partial charge in [-0.3, -0.25) is 0 Å². The van der Waals surface area contributed by atoms with Crippen LogP contribution in [0.2, 0.25) is 5.02 Å². The second-order valence-corrected chi connectivity index (χ2v) is 5.28. The van der Waals surface area contributed by atoms with Crippen LogP contribution in [0, 0.1) is 5.82 Å². The third kappa shape index (κ3) is 4.17. The molecule has 0 bridgehead atoms. The quantitative estimate of drug-likeness (QED) is 0.717. The van der Waals surface area contributed by atoms with Crippen LogP contribution in [-0.4, -0.2) is 9.97 Å². The molecule has 0 atom stereocenters. The van der Waals surface area contributed by atoms with Gasteiger partial charge < -0.3 is 10.6 Å². The second-order valence-electron chi connectivity index (χ2n) is 4.85. The van der Waals surface area contributed by atoms with Crippen molar-refractivity contribution in [3.8, 4) is 0 Å². The normalized spacial score (nSPS) is 10.3. The average Bonchev–Trinajstić information content (AvgIpc) is 2.54. The van der Waals surface area contributed by atoms with Crippen LogP contribution in [0.25, 0.3) is 0 Å². The zero-order chi connectivity index (χ0) is 16.1. The highest BCUT2D eigenvalue weighted by atomic mass is 35.5. The van der Waals surface area contributed by atoms with Gasteiger partial charge in [-0.2, -0.15) is 4.98 Å². The van der Waals surface area contributed by atoms with Crippen molar-refractivity contribution in [2.45, 2.75) is 6.54 Å². The van der Waals surface area contributed by atoms with Crippen LogP contribution in [0.3, 0.4) is 0 Å². The van der Waals surface area contributed by atoms with E-state index in [9.17, 15) is 4.39 Å². The Hall–Kier alpha value is -2.66. The Balaban J connectivity index is 1.69. The molecule has 2 N–H and O–H groups in total. The molecule has 1 aromatic heterocycles. The number of nitrogens with one attached hydrogen (secondary N) is 2. The Morgan fingerprint density at radius 3 is 2.74 bits per heavy atom. The first-order valence-corrected chi connectivity index (χ1v) is 7.41. The molecule has 116 valence electrons. The molecule has 0 saturated carbocycles. The first-order chi connectivity index (χ1) is 11.2. The molecule has 0 aliphatic carbocycles. The highest BCUT2D eigenvalue weighted by Gasteiger charge is 2.03. The number of benzene rings is 2. The van der Waals surface area contributed by atoms with Crippen molar-refractivity contribution in [1.82, 2.24) is 9.97 Å². The Bertz CT molecular complexity index is 810. The van der Waals surface area contributed by atoms with E-state index in [0.29, 0.717) is 28.9 Å². The fraction of sp³-hybridized carbons (Fsp3) is 0.0588. The summed E-state index contributed by atoms with van der Waals surface area (Å²) in [6.07, 6.45) is 1.63. The Kier molecular flexibility index (Phi) is 4.68. The molecule has 3 rings (SSSR count). The summed E-state index contributed by atoms with van der Waals surface area (Å²) in [6.45, 7) is 0.348. The monoisotopic (exact) mass is 328 g/mol. The molecule has 0 fully saturated rings. The van der Waals surface area contributed by atoms with Crippen LogP contribution in [0.1, 0.15) is 5.56 Å². The highest BCUT2D eigenvalue weighted by Crippen LogP contribution is 2.18. The van der Waals surface area contributed by atoms with Gasteiger partial charge in [0.05, 0.1) is 0 Å². The largest absolute Gasteiger partial charge is 0.366 e. The molecule has 0 radical (unpaired) electrons. The molecule has 0 amide bonds. The molecule has 1 heterocycles. The lowest BCUT2D eigenvalue weighted by molar-refractivity contribution is 0.613. The first-order valence-electron chi connectivity index (χ1n) is 7.03. The predicted molar refractivity (Wildman–Crippen MR) is 90.5 cm³/mol. The van der Waals surface area contributed by atoms with E-state index in [-0.39, 0.29) is 5.82 Å². The van der Waals surface area contributed by atoms with Crippen LogP contribution in [0.15, 0.2) is 60.8 Å². The van der Waals surface area contributed by atoms with Crippen molar-refractivity contribution in [1.29, 1.82) is 0 Å². The van der Waals surface area contributed by atoms with Crippen molar-refractivity contribution in [2.75, 3.05) is 10.6 Å². The molecule has 0 unspecified atom stereocenters. The van der Waals surface area contributed by atoms with Gasteiger partial charge in [-0.25, -0.2) is 9.37 Å². The fourth-order valence-electron chi connectivity index (χ4n) is 2.04. The van der Waals surface area contributed by atoms with E-state index in [1.807, 2.05) is 12.1 Å². The van der Waals surface area contributed by atoms with E-state index in [2.05, 4.69) is 20.6 Å². The molecule has 0 aliphatic heterocycles. The summed E-state index contributed by atoms with van der Waals surface area (Å²) >= 11 is 5.95. The zero-order valence-corrected chi connectivity index (χ0v) is 12.9. The van der Waals surface area contributed by atoms with Crippen molar-refractivity contribution in [3.63, 3.8) is 0 Å². The Morgan fingerprint density at radius 2 is 1.91 bits per heavy atom. The predicted octanol–water partition coefficient (Wildman–Crippen LogP) is 4.62. The lowest BCUT2D eigenvalue weighted by Crippen LogP contribution is -2.05. The summed E-state index contributed by atoms with van der Waals surface area (Å²) in [5.74, 6) is 0.796. The van der Waals surface area contributed by atoms with Gasteiger partial charge >= 0.3 is 0 Å². The maximum absolute atomic E-state index is 13.6. The van der Waals surface area contributed by atoms with E-state index in [1.54, 1.807) is 42.6 Å². The number of hydrogen-bond donors (Lipinski definition) is 2. The van der Waals surface area contributed by atoms with Crippen LogP contribution in [-0.2, 0) is 6.54 Å². The smallest absolute Gasteiger partial charge is 0.229 e. The summed E-state index contributed by atoms with van der Waals surface area (Å²) in [7, 11) is 0. The minimum absolute atomic E-state index is 0.244. The molecule has 4 nitrogen and oxygen atoms in total. The maximum atomic E-state index is 13.6. The minimum atomic E-state index is -0.244. The maximum Gasteiger partial charge on any atom is 0.229 e. The zero-order valence-electron chi connectivity index (χ0n) is 12.1. The van der Waals surface area contributed by atoms with Gasteiger partial charge in [0.1, 0.15) is 11.6 Å². The van der Waals surface area contributed by atoms with Crippen molar-refractivity contribution in [2.24, 2.45) is 0 Å². The Labute approximate surface area is 138 Å². The molecule has 0 saturated heterocycles. The third-order valence-electron chi connectivity index (χ3n) is 3.15. The Morgan fingerprint density at radius 1 is 1.04 bits per heavy atom. The number of rotatable bonds is 5. The van der Waals surface area contributed by atoms with Crippen molar-refractivity contribution < 1.29 is 4.39 Å². The molecule has 2 aromatic carbocycles. The summed E-state index contributed by atoms with van der Waals surface area (Å²) in [4.78, 5) is 8.50. The summed E-state index contributed by atoms with van der Waals surface area (Å²) < 4.78 is 13.6. The van der Waals surface area contributed by atoms with Gasteiger partial charge in [-0.15, -0.1) is 0 Å². The second kappa shape index (κ2) is 7.07. The number of aromatic nitrogens is 2. The topological polar surface area (TPSA) is 49.8 Å². The summed E-state index contributed by atoms with van der Waals surface area (Å²) in [5, 5.41) is 6.78. The van der Waals surface area contributed by atoms with Crippen molar-refractivity contribution >= 4 is 29.1 Å². The number of hydrogen-bond acceptors (Lipinski definition) is 4. The standard InChI is InChI=1S/C17H14ClFN4/c18-13-5-3-6-14(10-13)22-17-20-9-8-16(23-17)21-11-12-4-1-2-7-15(12)19/h1-10H,11H2,(H2,20,21,22,23). The van der Waals surface area contributed by atoms with E-state index < -0.39 is 0 Å². The van der Waals surface area contributed by atoms with Gasteiger partial charge in [-0.05, 0) is 30.3 Å². The summed E-state index contributed by atoms with van der Waals surface area (Å²) in [5.41, 5.74) is 1.37. The highest BCUT2D eigenvalue weighted by molar-refractivity contribution is 6.30. The number of halogens is 2. The van der Waals surface area contributed by atoms with E-state index in [0.717, 1.165) is 5.69 Å². The van der Waals surface area contributed by atoms with Crippen LogP contribution < -0.4 is 10.6 Å². The summed E-state index contributed by atoms with van der Waals surface area (Å²) in [6, 6.07) is 15.6. The number of nitrogens with zero attached hydrogens (tertiary/aromatic N) is 2. The lowest BCUT2D eigenvalue weighted by atomic mass is 10.2. The van der Waals surface area contributed by atoms with Gasteiger partial charge in [0.2, 0.25) is 5.95 Å². The van der Waals surface area contributed by atoms with Crippen LogP contribution >= 0.6 is 11.6 Å². The first kappa shape index (κ1) is 15.2. The fourth-order valence-corrected chi connectivity index (χ4v) is 2.23. The van der Waals surface area contributed by atoms with E-state index >= 15 is 0 Å². The molecular weight excluding hydrogens is 315 g/mol. The van der Waals surface area contributed by atoms with Crippen LogP contribution in [0.4, 0.5) is 21.8 Å². The van der Waals surface area contributed by atoms with Gasteiger partial charge in [0.15, 0.2) is 0 Å². The molecule has 6 heteroatoms. The lowest BCUT2D eigenvalue weighted by Gasteiger charge is -2.09. The molecule has 23 heavy (non-hydrogen) atoms. The van der Waals surface area contributed by atoms with E-state index in [4.69, 9.17) is 11.6 Å². The van der Waals surface area contributed by atoms with E-state index in [1.165, 1.54) is 6.07 Å². The SMILES string of the molecule is Fc1ccccc1CNc1ccnc(Nc2cccc(Cl)c2)n1. The third-order valence-corrected chi connectivity index (χ3v) is 3.39. The minimum Gasteiger partial charge on any atom is -0.366 e. The van der Waals surface area contributed by atoms with Crippen LogP contribution in [0.5, 0.6) is 0 Å². The molecule has 0 spiro atoms. The van der Waals surface area contributed by atoms with Gasteiger partial charge in [0, 0.05) is 29.0 Å². The molecule has 0 aliphatic rings.